The van der Waals surface area contributed by atoms with Crippen LogP contribution in [0.25, 0.3) is 0 Å². The minimum Gasteiger partial charge on any atom is -0.480 e. The van der Waals surface area contributed by atoms with Crippen LogP contribution < -0.4 is 37.6 Å². The van der Waals surface area contributed by atoms with E-state index in [0.717, 1.165) is 0 Å². The van der Waals surface area contributed by atoms with Gasteiger partial charge in [0.05, 0.1) is 19.3 Å². The second-order valence-electron chi connectivity index (χ2n) is 14.0. The highest BCUT2D eigenvalue weighted by Crippen LogP contribution is 2.10. The number of hydrogen-bond acceptors (Lipinski definition) is 10. The summed E-state index contributed by atoms with van der Waals surface area (Å²) in [6.07, 6.45) is -0.865. The van der Waals surface area contributed by atoms with Gasteiger partial charge in [-0.2, -0.15) is 0 Å². The molecule has 0 radical (unpaired) electrons. The molecule has 11 N–H and O–H groups in total. The van der Waals surface area contributed by atoms with E-state index in [1.807, 2.05) is 13.8 Å². The summed E-state index contributed by atoms with van der Waals surface area (Å²) in [5.74, 6) is -6.69. The highest BCUT2D eigenvalue weighted by molar-refractivity contribution is 5.96. The maximum Gasteiger partial charge on any atom is 0.326 e. The van der Waals surface area contributed by atoms with Gasteiger partial charge in [-0.15, -0.1) is 0 Å². The summed E-state index contributed by atoms with van der Waals surface area (Å²) in [4.78, 5) is 90.1. The molecule has 0 aliphatic heterocycles. The molecule has 1 rings (SSSR count). The number of carboxylic acid groups (broad SMARTS) is 1. The zero-order chi connectivity index (χ0) is 39.7. The van der Waals surface area contributed by atoms with E-state index >= 15 is 0 Å². The number of aliphatic carboxylic acids is 1. The third-order valence-corrected chi connectivity index (χ3v) is 7.90. The van der Waals surface area contributed by atoms with Crippen LogP contribution in [0.15, 0.2) is 30.3 Å². The van der Waals surface area contributed by atoms with Gasteiger partial charge in [-0.1, -0.05) is 71.9 Å². The minimum absolute atomic E-state index is 0.0144. The average molecular weight is 736 g/mol. The van der Waals surface area contributed by atoms with Crippen LogP contribution in [0.5, 0.6) is 0 Å². The fraction of sp³-hybridized carbons (Fsp3) is 0.629. The van der Waals surface area contributed by atoms with Gasteiger partial charge in [-0.05, 0) is 43.1 Å². The normalized spacial score (nSPS) is 15.3. The zero-order valence-electron chi connectivity index (χ0n) is 31.0. The van der Waals surface area contributed by atoms with Crippen molar-refractivity contribution in [2.24, 2.45) is 23.5 Å². The topological polar surface area (TPSA) is 278 Å². The standard InChI is InChI=1S/C35H57N7O10/c1-18(2)13-23(38-27(45)16-37-33(49)28(36)21(7)44)30(46)41-26(17-43)32(48)42-29(20(5)6)34(50)39-24(15-22-11-9-8-10-12-22)31(47)40-25(35(51)52)14-19(3)4/h8-12,18-21,23-26,28-29,43-44H,13-17,36H2,1-7H3,(H,37,49)(H,38,45)(H,39,50)(H,40,47)(H,41,46)(H,42,48)(H,51,52)/t21-,23+,24+,25+,26+,28+,29+/m1/s1. The highest BCUT2D eigenvalue weighted by atomic mass is 16.4. The molecule has 6 amide bonds. The lowest BCUT2D eigenvalue weighted by molar-refractivity contribution is -0.143. The van der Waals surface area contributed by atoms with Crippen molar-refractivity contribution in [3.63, 3.8) is 0 Å². The van der Waals surface area contributed by atoms with Crippen LogP contribution in [0.4, 0.5) is 0 Å². The van der Waals surface area contributed by atoms with Crippen LogP contribution in [0.3, 0.4) is 0 Å². The van der Waals surface area contributed by atoms with Crippen LogP contribution >= 0.6 is 0 Å². The van der Waals surface area contributed by atoms with Crippen molar-refractivity contribution in [3.05, 3.63) is 35.9 Å². The summed E-state index contributed by atoms with van der Waals surface area (Å²) in [7, 11) is 0. The Morgan fingerprint density at radius 1 is 0.654 bits per heavy atom. The number of carboxylic acids is 1. The van der Waals surface area contributed by atoms with Crippen molar-refractivity contribution in [2.75, 3.05) is 13.2 Å². The van der Waals surface area contributed by atoms with Crippen molar-refractivity contribution >= 4 is 41.4 Å². The second-order valence-corrected chi connectivity index (χ2v) is 14.0. The van der Waals surface area contributed by atoms with E-state index in [4.69, 9.17) is 5.73 Å². The Hall–Kier alpha value is -4.61. The van der Waals surface area contributed by atoms with E-state index in [2.05, 4.69) is 31.9 Å². The van der Waals surface area contributed by atoms with Crippen LogP contribution in [-0.2, 0) is 40.0 Å². The molecule has 0 bridgehead atoms. The molecule has 0 fully saturated rings. The van der Waals surface area contributed by atoms with E-state index in [1.54, 1.807) is 58.0 Å². The monoisotopic (exact) mass is 735 g/mol. The predicted molar refractivity (Wildman–Crippen MR) is 191 cm³/mol. The second kappa shape index (κ2) is 22.4. The van der Waals surface area contributed by atoms with Gasteiger partial charge in [-0.3, -0.25) is 28.8 Å². The maximum atomic E-state index is 13.6. The largest absolute Gasteiger partial charge is 0.480 e. The van der Waals surface area contributed by atoms with Gasteiger partial charge < -0.3 is 53.0 Å². The molecule has 0 aliphatic rings. The quantitative estimate of drug-likeness (QED) is 0.0641. The SMILES string of the molecule is CC(C)C[C@H](NC(=O)[C@H](Cc1ccccc1)NC(=O)[C@@H](NC(=O)[C@H](CO)NC(=O)[C@H](CC(C)C)NC(=O)CNC(=O)[C@@H](N)[C@@H](C)O)C(C)C)C(=O)O. The van der Waals surface area contributed by atoms with Crippen molar-refractivity contribution in [3.8, 4) is 0 Å². The zero-order valence-corrected chi connectivity index (χ0v) is 31.0. The van der Waals surface area contributed by atoms with Gasteiger partial charge in [0.15, 0.2) is 0 Å². The van der Waals surface area contributed by atoms with Crippen molar-refractivity contribution in [1.82, 2.24) is 31.9 Å². The predicted octanol–water partition coefficient (Wildman–Crippen LogP) is -1.70. The Balaban J connectivity index is 3.12. The van der Waals surface area contributed by atoms with E-state index in [0.29, 0.717) is 5.56 Å². The Kier molecular flexibility index (Phi) is 19.5. The van der Waals surface area contributed by atoms with Gasteiger partial charge in [0.1, 0.15) is 36.3 Å². The summed E-state index contributed by atoms with van der Waals surface area (Å²) < 4.78 is 0. The van der Waals surface area contributed by atoms with Crippen LogP contribution in [0, 0.1) is 17.8 Å². The average Bonchev–Trinajstić information content (AvgIpc) is 3.06. The first-order chi connectivity index (χ1) is 24.3. The van der Waals surface area contributed by atoms with Crippen LogP contribution in [-0.4, -0.2) is 112 Å². The summed E-state index contributed by atoms with van der Waals surface area (Å²) >= 11 is 0. The summed E-state index contributed by atoms with van der Waals surface area (Å²) in [6, 6.07) is 1.08. The molecular weight excluding hydrogens is 678 g/mol. The lowest BCUT2D eigenvalue weighted by Crippen LogP contribution is -2.61. The van der Waals surface area contributed by atoms with E-state index in [-0.39, 0.29) is 31.1 Å². The molecule has 17 nitrogen and oxygen atoms in total. The maximum absolute atomic E-state index is 13.6. The number of amides is 6. The number of aliphatic hydroxyl groups is 2. The Bertz CT molecular complexity index is 1360. The number of aliphatic hydroxyl groups excluding tert-OH is 2. The third kappa shape index (κ3) is 16.2. The molecule has 292 valence electrons. The summed E-state index contributed by atoms with van der Waals surface area (Å²) in [6.45, 7) is 10.4. The first-order valence-corrected chi connectivity index (χ1v) is 17.4. The van der Waals surface area contributed by atoms with Crippen LogP contribution in [0.1, 0.15) is 66.9 Å². The summed E-state index contributed by atoms with van der Waals surface area (Å²) in [5.41, 5.74) is 6.24. The number of carbonyl (C=O) groups is 7. The molecule has 7 atom stereocenters. The lowest BCUT2D eigenvalue weighted by Gasteiger charge is -2.28. The first-order valence-electron chi connectivity index (χ1n) is 17.4. The lowest BCUT2D eigenvalue weighted by atomic mass is 9.99. The van der Waals surface area contributed by atoms with Gasteiger partial charge >= 0.3 is 5.97 Å². The number of rotatable bonds is 22. The molecule has 0 saturated carbocycles. The Morgan fingerprint density at radius 2 is 1.15 bits per heavy atom. The van der Waals surface area contributed by atoms with Gasteiger partial charge in [0.25, 0.3) is 0 Å². The Morgan fingerprint density at radius 3 is 1.65 bits per heavy atom. The highest BCUT2D eigenvalue weighted by Gasteiger charge is 2.34. The van der Waals surface area contributed by atoms with Gasteiger partial charge in [0.2, 0.25) is 35.4 Å². The van der Waals surface area contributed by atoms with E-state index < -0.39 is 103 Å². The molecule has 0 spiro atoms. The first kappa shape index (κ1) is 45.4. The van der Waals surface area contributed by atoms with Gasteiger partial charge in [0, 0.05) is 6.42 Å². The molecule has 0 unspecified atom stereocenters. The summed E-state index contributed by atoms with van der Waals surface area (Å²) in [5, 5.41) is 44.0. The molecule has 0 saturated heterocycles. The van der Waals surface area contributed by atoms with Crippen molar-refractivity contribution in [1.29, 1.82) is 0 Å². The van der Waals surface area contributed by atoms with E-state index in [1.165, 1.54) is 6.92 Å². The molecule has 0 aliphatic carbocycles. The minimum atomic E-state index is -1.55. The van der Waals surface area contributed by atoms with Crippen LogP contribution in [0.2, 0.25) is 0 Å². The smallest absolute Gasteiger partial charge is 0.326 e. The fourth-order valence-electron chi connectivity index (χ4n) is 4.99. The van der Waals surface area contributed by atoms with E-state index in [9.17, 15) is 48.9 Å². The molecule has 0 aromatic heterocycles. The number of nitrogens with one attached hydrogen (secondary N) is 6. The number of carbonyl (C=O) groups excluding carboxylic acids is 6. The molecule has 0 heterocycles. The molecule has 1 aromatic carbocycles. The fourth-order valence-corrected chi connectivity index (χ4v) is 4.99. The third-order valence-electron chi connectivity index (χ3n) is 7.90. The molecule has 17 heteroatoms. The Labute approximate surface area is 304 Å². The number of benzene rings is 1. The molecular formula is C35H57N7O10. The molecule has 52 heavy (non-hydrogen) atoms. The number of nitrogens with two attached hydrogens (primary N) is 1. The van der Waals surface area contributed by atoms with Crippen molar-refractivity contribution in [2.45, 2.75) is 110 Å². The van der Waals surface area contributed by atoms with Crippen molar-refractivity contribution < 1.29 is 48.9 Å². The van der Waals surface area contributed by atoms with Gasteiger partial charge in [-0.25, -0.2) is 4.79 Å². The number of hydrogen-bond donors (Lipinski definition) is 10. The molecule has 1 aromatic rings.